The Morgan fingerprint density at radius 2 is 2.05 bits per heavy atom. The van der Waals surface area contributed by atoms with Crippen LogP contribution in [0.25, 0.3) is 5.82 Å². The van der Waals surface area contributed by atoms with Gasteiger partial charge in [-0.25, -0.2) is 14.1 Å². The van der Waals surface area contributed by atoms with Crippen LogP contribution in [-0.2, 0) is 9.53 Å². The van der Waals surface area contributed by atoms with Crippen LogP contribution < -0.4 is 21.8 Å². The number of pyridine rings is 2. The molecule has 4 aromatic rings. The van der Waals surface area contributed by atoms with Gasteiger partial charge in [0.2, 0.25) is 5.43 Å². The van der Waals surface area contributed by atoms with Gasteiger partial charge in [-0.05, 0) is 51.2 Å². The van der Waals surface area contributed by atoms with E-state index in [2.05, 4.69) is 35.9 Å². The third kappa shape index (κ3) is 5.45. The minimum Gasteiger partial charge on any atom is -0.394 e. The van der Waals surface area contributed by atoms with E-state index in [1.165, 1.54) is 24.1 Å². The molecule has 13 heteroatoms. The fourth-order valence-corrected chi connectivity index (χ4v) is 5.12. The molecule has 210 valence electrons. The lowest BCUT2D eigenvalue weighted by Gasteiger charge is -2.38. The number of nitrogens with two attached hydrogens (primary N) is 1. The number of carbonyl (C=O) groups is 1. The Morgan fingerprint density at radius 1 is 1.27 bits per heavy atom. The van der Waals surface area contributed by atoms with Gasteiger partial charge in [0.05, 0.1) is 24.1 Å². The molecule has 0 saturated heterocycles. The monoisotopic (exact) mass is 549 g/mol. The summed E-state index contributed by atoms with van der Waals surface area (Å²) < 4.78 is 20.4. The molecule has 0 unspecified atom stereocenters. The molecule has 40 heavy (non-hydrogen) atoms. The smallest absolute Gasteiger partial charge is 0.252 e. The molecule has 1 aliphatic rings. The minimum atomic E-state index is -1.01. The molecule has 0 radical (unpaired) electrons. The molecule has 4 aromatic heterocycles. The Kier molecular flexibility index (Phi) is 7.39. The van der Waals surface area contributed by atoms with Crippen molar-refractivity contribution in [2.45, 2.75) is 57.1 Å². The van der Waals surface area contributed by atoms with Crippen molar-refractivity contribution >= 4 is 23.2 Å². The fourth-order valence-electron chi connectivity index (χ4n) is 5.12. The topological polar surface area (TPSA) is 169 Å². The number of nitrogens with one attached hydrogen (secondary N) is 4. The number of amides is 1. The van der Waals surface area contributed by atoms with Crippen molar-refractivity contribution in [3.63, 3.8) is 0 Å². The maximum Gasteiger partial charge on any atom is 0.252 e. The van der Waals surface area contributed by atoms with E-state index >= 15 is 0 Å². The number of aromatic amines is 2. The first-order valence-electron chi connectivity index (χ1n) is 13.0. The lowest BCUT2D eigenvalue weighted by molar-refractivity contribution is -0.148. The number of halogens is 1. The van der Waals surface area contributed by atoms with Crippen molar-refractivity contribution in [1.82, 2.24) is 35.3 Å². The van der Waals surface area contributed by atoms with Crippen molar-refractivity contribution in [2.75, 3.05) is 18.2 Å². The van der Waals surface area contributed by atoms with Crippen LogP contribution in [0.15, 0.2) is 47.7 Å². The second-order valence-corrected chi connectivity index (χ2v) is 10.2. The SMILES string of the molecule is COC1(C(=O)N[C@@H](C)c2ccc(-n3cc(F)cn3)nc2)CCC(c2[nH]c(Nc3cc(C)[nH]n3)cc(=O)c2N)CC1. The highest BCUT2D eigenvalue weighted by molar-refractivity contribution is 5.85. The number of hydrogen-bond donors (Lipinski definition) is 5. The van der Waals surface area contributed by atoms with E-state index in [1.807, 2.05) is 26.0 Å². The lowest BCUT2D eigenvalue weighted by Crippen LogP contribution is -2.51. The number of nitrogen functional groups attached to an aromatic ring is 1. The van der Waals surface area contributed by atoms with Gasteiger partial charge in [-0.15, -0.1) is 0 Å². The minimum absolute atomic E-state index is 0.0484. The Morgan fingerprint density at radius 3 is 2.65 bits per heavy atom. The van der Waals surface area contributed by atoms with Crippen molar-refractivity contribution in [3.8, 4) is 5.82 Å². The van der Waals surface area contributed by atoms with E-state index in [0.29, 0.717) is 48.8 Å². The summed E-state index contributed by atoms with van der Waals surface area (Å²) in [6, 6.07) is 6.42. The predicted octanol–water partition coefficient (Wildman–Crippen LogP) is 3.37. The van der Waals surface area contributed by atoms with Gasteiger partial charge in [0.15, 0.2) is 17.5 Å². The van der Waals surface area contributed by atoms with Crippen LogP contribution in [0.5, 0.6) is 0 Å². The van der Waals surface area contributed by atoms with Crippen molar-refractivity contribution in [2.24, 2.45) is 0 Å². The van der Waals surface area contributed by atoms with E-state index in [0.717, 1.165) is 17.5 Å². The van der Waals surface area contributed by atoms with Crippen molar-refractivity contribution in [1.29, 1.82) is 0 Å². The number of hydrogen-bond acceptors (Lipinski definition) is 8. The van der Waals surface area contributed by atoms with E-state index in [4.69, 9.17) is 10.5 Å². The third-order valence-corrected chi connectivity index (χ3v) is 7.48. The number of rotatable bonds is 8. The summed E-state index contributed by atoms with van der Waals surface area (Å²) in [5.41, 5.74) is 7.37. The second kappa shape index (κ2) is 10.9. The maximum absolute atomic E-state index is 13.4. The first-order valence-corrected chi connectivity index (χ1v) is 13.0. The molecule has 4 heterocycles. The summed E-state index contributed by atoms with van der Waals surface area (Å²) in [4.78, 5) is 33.7. The van der Waals surface area contributed by atoms with E-state index < -0.39 is 11.4 Å². The van der Waals surface area contributed by atoms with Crippen LogP contribution in [-0.4, -0.2) is 48.6 Å². The first-order chi connectivity index (χ1) is 19.2. The molecule has 12 nitrogen and oxygen atoms in total. The van der Waals surface area contributed by atoms with Gasteiger partial charge in [0, 0.05) is 42.7 Å². The summed E-state index contributed by atoms with van der Waals surface area (Å²) in [7, 11) is 1.54. The number of ether oxygens (including phenoxy) is 1. The van der Waals surface area contributed by atoms with E-state index in [1.54, 1.807) is 12.3 Å². The summed E-state index contributed by atoms with van der Waals surface area (Å²) in [6.07, 6.45) is 6.06. The lowest BCUT2D eigenvalue weighted by atomic mass is 9.76. The highest BCUT2D eigenvalue weighted by Crippen LogP contribution is 2.41. The normalized spacial score (nSPS) is 19.8. The number of methoxy groups -OCH3 is 1. The molecule has 0 spiro atoms. The highest BCUT2D eigenvalue weighted by atomic mass is 19.1. The zero-order chi connectivity index (χ0) is 28.4. The van der Waals surface area contributed by atoms with Gasteiger partial charge < -0.3 is 26.1 Å². The summed E-state index contributed by atoms with van der Waals surface area (Å²) in [6.45, 7) is 3.75. The molecule has 1 atom stereocenters. The number of carbonyl (C=O) groups excluding carboxylic acids is 1. The fraction of sp³-hybridized carbons (Fsp3) is 0.370. The molecule has 0 aliphatic heterocycles. The van der Waals surface area contributed by atoms with Crippen LogP contribution >= 0.6 is 0 Å². The zero-order valence-electron chi connectivity index (χ0n) is 22.5. The van der Waals surface area contributed by atoms with Crippen LogP contribution in [0.4, 0.5) is 21.7 Å². The van der Waals surface area contributed by atoms with Gasteiger partial charge in [0.1, 0.15) is 11.4 Å². The molecule has 1 fully saturated rings. The predicted molar refractivity (Wildman–Crippen MR) is 147 cm³/mol. The third-order valence-electron chi connectivity index (χ3n) is 7.48. The largest absolute Gasteiger partial charge is 0.394 e. The van der Waals surface area contributed by atoms with E-state index in [-0.39, 0.29) is 29.0 Å². The number of H-pyrrole nitrogens is 2. The standard InChI is InChI=1S/C27H32FN9O3/c1-15-10-22(36-35-15)33-21-11-20(38)24(29)25(34-21)17-6-8-27(40-3,9-7-17)26(39)32-16(2)18-4-5-23(30-12-18)37-14-19(28)13-31-37/h4-5,10-14,16-17H,6-9,29H2,1-3H3,(H,32,39)(H3,33,34,35,36,38)/t16-,17?,27?/m0/s1. The Hall–Kier alpha value is -4.52. The Bertz CT molecular complexity index is 1550. The second-order valence-electron chi connectivity index (χ2n) is 10.2. The van der Waals surface area contributed by atoms with Crippen molar-refractivity contribution < 1.29 is 13.9 Å². The van der Waals surface area contributed by atoms with Gasteiger partial charge in [-0.3, -0.25) is 14.7 Å². The maximum atomic E-state index is 13.4. The number of anilines is 3. The van der Waals surface area contributed by atoms with Crippen LogP contribution in [0.1, 0.15) is 61.5 Å². The molecule has 0 bridgehead atoms. The molecule has 0 aromatic carbocycles. The molecular weight excluding hydrogens is 517 g/mol. The molecule has 1 amide bonds. The summed E-state index contributed by atoms with van der Waals surface area (Å²) in [5.74, 6) is 0.824. The summed E-state index contributed by atoms with van der Waals surface area (Å²) >= 11 is 0. The summed E-state index contributed by atoms with van der Waals surface area (Å²) in [5, 5.41) is 17.1. The van der Waals surface area contributed by atoms with Gasteiger partial charge in [0.25, 0.3) is 5.91 Å². The average Bonchev–Trinajstić information content (AvgIpc) is 3.58. The van der Waals surface area contributed by atoms with E-state index in [9.17, 15) is 14.0 Å². The molecule has 5 rings (SSSR count). The highest BCUT2D eigenvalue weighted by Gasteiger charge is 2.43. The van der Waals surface area contributed by atoms with Gasteiger partial charge in [-0.1, -0.05) is 6.07 Å². The molecular formula is C27H32FN9O3. The van der Waals surface area contributed by atoms with Crippen LogP contribution in [0, 0.1) is 12.7 Å². The molecule has 1 saturated carbocycles. The quantitative estimate of drug-likeness (QED) is 0.223. The van der Waals surface area contributed by atoms with Crippen LogP contribution in [0.3, 0.4) is 0 Å². The zero-order valence-corrected chi connectivity index (χ0v) is 22.5. The number of aryl methyl sites for hydroxylation is 1. The van der Waals surface area contributed by atoms with Gasteiger partial charge >= 0.3 is 0 Å². The molecule has 6 N–H and O–H groups in total. The van der Waals surface area contributed by atoms with Gasteiger partial charge in [-0.2, -0.15) is 10.2 Å². The van der Waals surface area contributed by atoms with Crippen LogP contribution in [0.2, 0.25) is 0 Å². The van der Waals surface area contributed by atoms with Crippen molar-refractivity contribution in [3.05, 3.63) is 75.8 Å². The molecule has 1 aliphatic carbocycles. The Balaban J connectivity index is 1.25. The Labute approximate surface area is 229 Å². The first kappa shape index (κ1) is 27.1. The number of aromatic nitrogens is 6. The number of nitrogens with zero attached hydrogens (tertiary/aromatic N) is 4. The average molecular weight is 550 g/mol.